The lowest BCUT2D eigenvalue weighted by molar-refractivity contribution is -0.300. The molecule has 0 spiro atoms. The number of aliphatic hydroxyl groups excluding tert-OH is 4. The fourth-order valence-electron chi connectivity index (χ4n) is 3.03. The number of phosphoric ester groups is 1. The molecule has 7 atom stereocenters. The van der Waals surface area contributed by atoms with Gasteiger partial charge in [-0.1, -0.05) is 27.2 Å². The van der Waals surface area contributed by atoms with E-state index in [0.717, 1.165) is 25.8 Å². The number of hydrogen-bond donors (Lipinski definition) is 7. The fraction of sp³-hybridized carbons (Fsp3) is 0.958. The van der Waals surface area contributed by atoms with Crippen LogP contribution < -0.4 is 15.9 Å². The standard InChI is InChI=1S/C9H18O6.C8H20NO4P.C7H16N2O2/c1-2-3-14-9-8(13)7(12)6(11)5(4-10)15-9;1-4-7-12-14(10,11)13-8-6-9(3)5-2;1-9-6(7(10)11)4-2-3-5-8/h5-13H,2-4H2,1H3;4-8H2,1-3H3,(H,10,11);6,9H,2-5,8H2,1H3,(H,10,11)/p-1. The largest absolute Gasteiger partial charge is 0.756 e. The van der Waals surface area contributed by atoms with Crippen LogP contribution in [-0.4, -0.2) is 133 Å². The minimum absolute atomic E-state index is 0.148. The second-order valence-corrected chi connectivity index (χ2v) is 10.5. The summed E-state index contributed by atoms with van der Waals surface area (Å²) in [6.45, 7) is 8.08. The van der Waals surface area contributed by atoms with E-state index in [0.29, 0.717) is 32.5 Å². The van der Waals surface area contributed by atoms with Crippen molar-refractivity contribution in [2.24, 2.45) is 5.73 Å². The normalized spacial score (nSPS) is 24.8. The average molecular weight is 607 g/mol. The minimum atomic E-state index is -4.05. The summed E-state index contributed by atoms with van der Waals surface area (Å²) >= 11 is 0. The van der Waals surface area contributed by atoms with Gasteiger partial charge in [-0.2, -0.15) is 0 Å². The zero-order chi connectivity index (χ0) is 31.1. The van der Waals surface area contributed by atoms with Crippen molar-refractivity contribution >= 4 is 13.8 Å². The maximum Gasteiger partial charge on any atom is 0.320 e. The molecular formula is C24H53N3O12P-. The van der Waals surface area contributed by atoms with E-state index in [9.17, 15) is 29.6 Å². The molecule has 8 N–H and O–H groups in total. The van der Waals surface area contributed by atoms with E-state index in [-0.39, 0.29) is 13.2 Å². The second kappa shape index (κ2) is 24.8. The van der Waals surface area contributed by atoms with Crippen LogP contribution in [0.1, 0.15) is 52.9 Å². The van der Waals surface area contributed by atoms with Crippen molar-refractivity contribution < 1.29 is 58.3 Å². The molecule has 0 aromatic carbocycles. The van der Waals surface area contributed by atoms with Crippen LogP contribution in [0.25, 0.3) is 0 Å². The topological polar surface area (TPSA) is 237 Å². The molecule has 1 fully saturated rings. The van der Waals surface area contributed by atoms with Gasteiger partial charge in [-0.05, 0) is 52.9 Å². The van der Waals surface area contributed by atoms with E-state index in [2.05, 4.69) is 14.4 Å². The van der Waals surface area contributed by atoms with Crippen LogP contribution in [0, 0.1) is 0 Å². The molecule has 7 unspecified atom stereocenters. The maximum absolute atomic E-state index is 11.0. The molecular weight excluding hydrogens is 553 g/mol. The zero-order valence-electron chi connectivity index (χ0n) is 24.5. The Morgan fingerprint density at radius 3 is 2.15 bits per heavy atom. The summed E-state index contributed by atoms with van der Waals surface area (Å²) in [5, 5.41) is 48.5. The number of nitrogens with one attached hydrogen (secondary N) is 1. The SMILES string of the molecule is CCCOC1OC(CO)C(O)C(O)C1O.CCCOP(=O)([O-])OCCN(C)CC.CNC(CCCCN)C(=O)O. The molecule has 0 bridgehead atoms. The molecule has 242 valence electrons. The second-order valence-electron chi connectivity index (χ2n) is 9.04. The summed E-state index contributed by atoms with van der Waals surface area (Å²) in [6.07, 6.45) is -2.06. The van der Waals surface area contributed by atoms with Crippen molar-refractivity contribution in [3.63, 3.8) is 0 Å². The van der Waals surface area contributed by atoms with Crippen LogP contribution in [-0.2, 0) is 27.9 Å². The highest BCUT2D eigenvalue weighted by atomic mass is 31.2. The predicted molar refractivity (Wildman–Crippen MR) is 146 cm³/mol. The van der Waals surface area contributed by atoms with Gasteiger partial charge in [0.05, 0.1) is 19.8 Å². The van der Waals surface area contributed by atoms with Crippen LogP contribution in [0.5, 0.6) is 0 Å². The maximum atomic E-state index is 11.0. The third-order valence-electron chi connectivity index (χ3n) is 5.64. The van der Waals surface area contributed by atoms with Gasteiger partial charge in [-0.3, -0.25) is 9.36 Å². The Morgan fingerprint density at radius 2 is 1.68 bits per heavy atom. The third-order valence-corrected chi connectivity index (χ3v) is 6.64. The number of aliphatic hydroxyl groups is 4. The summed E-state index contributed by atoms with van der Waals surface area (Å²) in [4.78, 5) is 23.4. The number of unbranched alkanes of at least 4 members (excludes halogenated alkanes) is 1. The van der Waals surface area contributed by atoms with Gasteiger partial charge in [0.2, 0.25) is 0 Å². The van der Waals surface area contributed by atoms with E-state index >= 15 is 0 Å². The van der Waals surface area contributed by atoms with Crippen LogP contribution in [0.4, 0.5) is 0 Å². The number of nitrogens with two attached hydrogens (primary N) is 1. The Kier molecular flexibility index (Phi) is 25.6. The molecule has 1 aliphatic heterocycles. The summed E-state index contributed by atoms with van der Waals surface area (Å²) in [7, 11) is -0.504. The highest BCUT2D eigenvalue weighted by Crippen LogP contribution is 2.37. The van der Waals surface area contributed by atoms with E-state index in [4.69, 9.17) is 25.4 Å². The van der Waals surface area contributed by atoms with Crippen molar-refractivity contribution in [1.29, 1.82) is 0 Å². The lowest BCUT2D eigenvalue weighted by atomic mass is 9.99. The lowest BCUT2D eigenvalue weighted by Gasteiger charge is -2.39. The molecule has 0 radical (unpaired) electrons. The molecule has 1 heterocycles. The van der Waals surface area contributed by atoms with E-state index in [1.807, 2.05) is 32.7 Å². The quantitative estimate of drug-likeness (QED) is 0.0720. The molecule has 16 heteroatoms. The Labute approximate surface area is 238 Å². The van der Waals surface area contributed by atoms with Gasteiger partial charge < -0.3 is 64.9 Å². The first-order valence-corrected chi connectivity index (χ1v) is 15.1. The molecule has 15 nitrogen and oxygen atoms in total. The molecule has 0 saturated carbocycles. The first-order chi connectivity index (χ1) is 18.8. The molecule has 0 aromatic rings. The number of ether oxygens (including phenoxy) is 2. The minimum Gasteiger partial charge on any atom is -0.756 e. The van der Waals surface area contributed by atoms with Crippen LogP contribution in [0.2, 0.25) is 0 Å². The highest BCUT2D eigenvalue weighted by Gasteiger charge is 2.43. The summed E-state index contributed by atoms with van der Waals surface area (Å²) in [5.41, 5.74) is 5.26. The third kappa shape index (κ3) is 19.4. The number of aliphatic carboxylic acids is 1. The number of nitrogens with zero attached hydrogens (tertiary/aromatic N) is 1. The van der Waals surface area contributed by atoms with Crippen molar-refractivity contribution in [2.45, 2.75) is 89.6 Å². The lowest BCUT2D eigenvalue weighted by Crippen LogP contribution is -2.59. The summed E-state index contributed by atoms with van der Waals surface area (Å²) in [6, 6.07) is -0.415. The zero-order valence-corrected chi connectivity index (χ0v) is 25.4. The van der Waals surface area contributed by atoms with Crippen LogP contribution in [0.3, 0.4) is 0 Å². The summed E-state index contributed by atoms with van der Waals surface area (Å²) < 4.78 is 30.5. The van der Waals surface area contributed by atoms with Gasteiger partial charge in [-0.25, -0.2) is 0 Å². The van der Waals surface area contributed by atoms with Gasteiger partial charge in [0.15, 0.2) is 6.29 Å². The predicted octanol–water partition coefficient (Wildman–Crippen LogP) is -1.15. The number of hydrogen-bond acceptors (Lipinski definition) is 14. The molecule has 0 aliphatic carbocycles. The monoisotopic (exact) mass is 606 g/mol. The van der Waals surface area contributed by atoms with Gasteiger partial charge >= 0.3 is 5.97 Å². The molecule has 40 heavy (non-hydrogen) atoms. The molecule has 0 aromatic heterocycles. The number of carboxylic acid groups (broad SMARTS) is 1. The number of carboxylic acids is 1. The van der Waals surface area contributed by atoms with Crippen molar-refractivity contribution in [3.05, 3.63) is 0 Å². The highest BCUT2D eigenvalue weighted by molar-refractivity contribution is 7.45. The Hall–Kier alpha value is -0.780. The Balaban J connectivity index is 0. The Bertz CT molecular complexity index is 665. The van der Waals surface area contributed by atoms with Crippen LogP contribution >= 0.6 is 7.82 Å². The fourth-order valence-corrected chi connectivity index (χ4v) is 3.82. The van der Waals surface area contributed by atoms with Crippen molar-refractivity contribution in [3.8, 4) is 0 Å². The molecule has 1 aliphatic rings. The first kappa shape index (κ1) is 41.4. The van der Waals surface area contributed by atoms with Crippen molar-refractivity contribution in [1.82, 2.24) is 10.2 Å². The van der Waals surface area contributed by atoms with Crippen LogP contribution in [0.15, 0.2) is 0 Å². The van der Waals surface area contributed by atoms with E-state index in [1.54, 1.807) is 7.05 Å². The molecule has 1 saturated heterocycles. The van der Waals surface area contributed by atoms with E-state index in [1.165, 1.54) is 0 Å². The average Bonchev–Trinajstić information content (AvgIpc) is 2.93. The number of phosphoric acid groups is 1. The van der Waals surface area contributed by atoms with Gasteiger partial charge in [0, 0.05) is 13.2 Å². The summed E-state index contributed by atoms with van der Waals surface area (Å²) in [5.74, 6) is -0.787. The first-order valence-electron chi connectivity index (χ1n) is 13.7. The Morgan fingerprint density at radius 1 is 1.07 bits per heavy atom. The number of rotatable bonds is 18. The van der Waals surface area contributed by atoms with Gasteiger partial charge in [-0.15, -0.1) is 0 Å². The van der Waals surface area contributed by atoms with E-state index < -0.39 is 57.1 Å². The smallest absolute Gasteiger partial charge is 0.320 e. The van der Waals surface area contributed by atoms with Crippen molar-refractivity contribution in [2.75, 3.05) is 60.2 Å². The molecule has 1 rings (SSSR count). The number of carbonyl (C=O) groups is 1. The van der Waals surface area contributed by atoms with Gasteiger partial charge in [0.25, 0.3) is 7.82 Å². The van der Waals surface area contributed by atoms with Gasteiger partial charge in [0.1, 0.15) is 30.5 Å². The number of likely N-dealkylation sites (N-methyl/N-ethyl adjacent to an activating group) is 2. The molecule has 0 amide bonds.